The molecule has 0 amide bonds. The molecule has 1 aliphatic carbocycles. The molecular formula is C12H19N3O. The minimum Gasteiger partial charge on any atom is -0.369 e. The zero-order valence-corrected chi connectivity index (χ0v) is 10.1. The van der Waals surface area contributed by atoms with Crippen LogP contribution in [0, 0.1) is 18.3 Å². The van der Waals surface area contributed by atoms with Gasteiger partial charge in [0.15, 0.2) is 0 Å². The van der Waals surface area contributed by atoms with Crippen molar-refractivity contribution in [3.8, 4) is 0 Å². The van der Waals surface area contributed by atoms with Crippen LogP contribution in [0.5, 0.6) is 0 Å². The van der Waals surface area contributed by atoms with Crippen LogP contribution in [-0.4, -0.2) is 16.5 Å². The van der Waals surface area contributed by atoms with Crippen LogP contribution in [0.2, 0.25) is 0 Å². The van der Waals surface area contributed by atoms with E-state index in [1.165, 1.54) is 18.9 Å². The number of H-pyrrole nitrogens is 1. The minimum absolute atomic E-state index is 0.0932. The first kappa shape index (κ1) is 11.2. The number of nitrogens with one attached hydrogen (secondary N) is 2. The molecule has 0 spiro atoms. The summed E-state index contributed by atoms with van der Waals surface area (Å²) in [6.45, 7) is 7.22. The van der Waals surface area contributed by atoms with Crippen molar-refractivity contribution in [3.05, 3.63) is 22.2 Å². The SMILES string of the molecule is Cc1nc(NCC2(C(C)C)CC2)cc(=O)[nH]1. The molecule has 4 heteroatoms. The second kappa shape index (κ2) is 3.92. The Morgan fingerprint density at radius 1 is 1.56 bits per heavy atom. The van der Waals surface area contributed by atoms with Crippen molar-refractivity contribution in [1.29, 1.82) is 0 Å². The van der Waals surface area contributed by atoms with Crippen molar-refractivity contribution in [2.24, 2.45) is 11.3 Å². The number of aromatic amines is 1. The summed E-state index contributed by atoms with van der Waals surface area (Å²) in [6.07, 6.45) is 2.56. The van der Waals surface area contributed by atoms with Gasteiger partial charge in [0, 0.05) is 12.6 Å². The zero-order chi connectivity index (χ0) is 11.8. The van der Waals surface area contributed by atoms with Crippen LogP contribution in [0.1, 0.15) is 32.5 Å². The molecule has 0 bridgehead atoms. The van der Waals surface area contributed by atoms with E-state index in [-0.39, 0.29) is 5.56 Å². The Balaban J connectivity index is 2.02. The number of nitrogens with zero attached hydrogens (tertiary/aromatic N) is 1. The molecule has 0 unspecified atom stereocenters. The standard InChI is InChI=1S/C12H19N3O/c1-8(2)12(4-5-12)7-13-10-6-11(16)15-9(3)14-10/h6,8H,4-5,7H2,1-3H3,(H2,13,14,15,16). The average molecular weight is 221 g/mol. The lowest BCUT2D eigenvalue weighted by atomic mass is 9.92. The summed E-state index contributed by atoms with van der Waals surface area (Å²) in [4.78, 5) is 18.1. The Kier molecular flexibility index (Phi) is 2.74. The molecule has 2 N–H and O–H groups in total. The summed E-state index contributed by atoms with van der Waals surface area (Å²) >= 11 is 0. The van der Waals surface area contributed by atoms with E-state index in [2.05, 4.69) is 29.1 Å². The topological polar surface area (TPSA) is 57.8 Å². The van der Waals surface area contributed by atoms with Crippen LogP contribution in [0.3, 0.4) is 0 Å². The lowest BCUT2D eigenvalue weighted by Gasteiger charge is -2.20. The maximum absolute atomic E-state index is 11.2. The van der Waals surface area contributed by atoms with E-state index >= 15 is 0 Å². The molecule has 88 valence electrons. The summed E-state index contributed by atoms with van der Waals surface area (Å²) < 4.78 is 0. The van der Waals surface area contributed by atoms with Crippen LogP contribution < -0.4 is 10.9 Å². The van der Waals surface area contributed by atoms with Crippen LogP contribution in [0.15, 0.2) is 10.9 Å². The highest BCUT2D eigenvalue weighted by atomic mass is 16.1. The van der Waals surface area contributed by atoms with Crippen molar-refractivity contribution < 1.29 is 0 Å². The molecule has 0 aliphatic heterocycles. The summed E-state index contributed by atoms with van der Waals surface area (Å²) in [6, 6.07) is 1.52. The molecule has 1 heterocycles. The Morgan fingerprint density at radius 3 is 2.75 bits per heavy atom. The molecule has 16 heavy (non-hydrogen) atoms. The average Bonchev–Trinajstić information content (AvgIpc) is 2.94. The number of hydrogen-bond acceptors (Lipinski definition) is 3. The van der Waals surface area contributed by atoms with Gasteiger partial charge in [0.25, 0.3) is 5.56 Å². The van der Waals surface area contributed by atoms with Gasteiger partial charge in [-0.25, -0.2) is 4.98 Å². The highest BCUT2D eigenvalue weighted by Gasteiger charge is 2.44. The Bertz CT molecular complexity index is 432. The first-order valence-electron chi connectivity index (χ1n) is 5.84. The quantitative estimate of drug-likeness (QED) is 0.816. The van der Waals surface area contributed by atoms with Gasteiger partial charge in [0.05, 0.1) is 0 Å². The van der Waals surface area contributed by atoms with Crippen molar-refractivity contribution in [1.82, 2.24) is 9.97 Å². The lowest BCUT2D eigenvalue weighted by Crippen LogP contribution is -2.22. The number of rotatable bonds is 4. The van der Waals surface area contributed by atoms with E-state index in [1.807, 2.05) is 0 Å². The van der Waals surface area contributed by atoms with E-state index in [0.717, 1.165) is 6.54 Å². The fourth-order valence-electron chi connectivity index (χ4n) is 2.06. The monoisotopic (exact) mass is 221 g/mol. The molecule has 1 saturated carbocycles. The Morgan fingerprint density at radius 2 is 2.25 bits per heavy atom. The fourth-order valence-corrected chi connectivity index (χ4v) is 2.06. The zero-order valence-electron chi connectivity index (χ0n) is 10.1. The third-order valence-corrected chi connectivity index (χ3v) is 3.60. The van der Waals surface area contributed by atoms with Gasteiger partial charge >= 0.3 is 0 Å². The molecule has 1 aromatic heterocycles. The molecular weight excluding hydrogens is 202 g/mol. The maximum atomic E-state index is 11.2. The first-order valence-corrected chi connectivity index (χ1v) is 5.84. The van der Waals surface area contributed by atoms with E-state index in [9.17, 15) is 4.79 Å². The van der Waals surface area contributed by atoms with Gasteiger partial charge in [-0.2, -0.15) is 0 Å². The first-order chi connectivity index (χ1) is 7.52. The summed E-state index contributed by atoms with van der Waals surface area (Å²) in [7, 11) is 0. The van der Waals surface area contributed by atoms with Gasteiger partial charge in [-0.15, -0.1) is 0 Å². The second-order valence-electron chi connectivity index (χ2n) is 5.09. The van der Waals surface area contributed by atoms with Crippen LogP contribution in [0.25, 0.3) is 0 Å². The van der Waals surface area contributed by atoms with Gasteiger partial charge < -0.3 is 10.3 Å². The Labute approximate surface area is 95.5 Å². The lowest BCUT2D eigenvalue weighted by molar-refractivity contribution is 0.380. The highest BCUT2D eigenvalue weighted by Crippen LogP contribution is 2.51. The van der Waals surface area contributed by atoms with Crippen molar-refractivity contribution in [3.63, 3.8) is 0 Å². The largest absolute Gasteiger partial charge is 0.369 e. The molecule has 1 fully saturated rings. The number of hydrogen-bond donors (Lipinski definition) is 2. The highest BCUT2D eigenvalue weighted by molar-refractivity contribution is 5.33. The van der Waals surface area contributed by atoms with Gasteiger partial charge in [0.1, 0.15) is 11.6 Å². The van der Waals surface area contributed by atoms with Crippen LogP contribution >= 0.6 is 0 Å². The maximum Gasteiger partial charge on any atom is 0.252 e. The van der Waals surface area contributed by atoms with E-state index in [1.54, 1.807) is 6.92 Å². The molecule has 1 aliphatic rings. The van der Waals surface area contributed by atoms with Crippen molar-refractivity contribution >= 4 is 5.82 Å². The molecule has 0 saturated heterocycles. The van der Waals surface area contributed by atoms with Gasteiger partial charge in [0.2, 0.25) is 0 Å². The predicted molar refractivity (Wildman–Crippen MR) is 64.6 cm³/mol. The van der Waals surface area contributed by atoms with Crippen LogP contribution in [-0.2, 0) is 0 Å². The van der Waals surface area contributed by atoms with Crippen molar-refractivity contribution in [2.75, 3.05) is 11.9 Å². The summed E-state index contributed by atoms with van der Waals surface area (Å²) in [5.74, 6) is 2.03. The molecule has 0 radical (unpaired) electrons. The molecule has 0 aromatic carbocycles. The molecule has 0 atom stereocenters. The van der Waals surface area contributed by atoms with E-state index in [4.69, 9.17) is 0 Å². The van der Waals surface area contributed by atoms with Gasteiger partial charge in [-0.1, -0.05) is 13.8 Å². The summed E-state index contributed by atoms with van der Waals surface area (Å²) in [5.41, 5.74) is 0.336. The molecule has 2 rings (SSSR count). The number of aryl methyl sites for hydroxylation is 1. The smallest absolute Gasteiger partial charge is 0.252 e. The third-order valence-electron chi connectivity index (χ3n) is 3.60. The predicted octanol–water partition coefficient (Wildman–Crippen LogP) is 1.93. The molecule has 4 nitrogen and oxygen atoms in total. The fraction of sp³-hybridized carbons (Fsp3) is 0.667. The summed E-state index contributed by atoms with van der Waals surface area (Å²) in [5, 5.41) is 3.28. The van der Waals surface area contributed by atoms with Gasteiger partial charge in [-0.3, -0.25) is 4.79 Å². The van der Waals surface area contributed by atoms with Crippen LogP contribution in [0.4, 0.5) is 5.82 Å². The van der Waals surface area contributed by atoms with E-state index < -0.39 is 0 Å². The third kappa shape index (κ3) is 2.26. The van der Waals surface area contributed by atoms with Gasteiger partial charge in [-0.05, 0) is 31.1 Å². The number of aromatic nitrogens is 2. The molecule has 1 aromatic rings. The minimum atomic E-state index is -0.0932. The Hall–Kier alpha value is -1.32. The normalized spacial score (nSPS) is 17.5. The van der Waals surface area contributed by atoms with Crippen molar-refractivity contribution in [2.45, 2.75) is 33.6 Å². The second-order valence-corrected chi connectivity index (χ2v) is 5.09. The number of anilines is 1. The van der Waals surface area contributed by atoms with E-state index in [0.29, 0.717) is 23.0 Å².